The molecule has 1 aromatic heterocycles. The molecule has 1 heterocycles. The second-order valence-electron chi connectivity index (χ2n) is 11.4. The van der Waals surface area contributed by atoms with Crippen molar-refractivity contribution in [2.45, 2.75) is 0 Å². The summed E-state index contributed by atoms with van der Waals surface area (Å²) in [6.45, 7) is 0. The van der Waals surface area contributed by atoms with Crippen molar-refractivity contribution in [3.8, 4) is 44.5 Å². The van der Waals surface area contributed by atoms with E-state index in [2.05, 4.69) is 0 Å². The molecule has 0 spiro atoms. The first-order chi connectivity index (χ1) is 32.2. The summed E-state index contributed by atoms with van der Waals surface area (Å²) >= 11 is 0. The number of rotatable bonds is 4. The Hall–Kier alpha value is -6.44. The number of fused-ring (bicyclic) bond motifs is 6. The molecule has 10 rings (SSSR count). The van der Waals surface area contributed by atoms with Gasteiger partial charge in [-0.15, -0.1) is 0 Å². The van der Waals surface area contributed by atoms with Gasteiger partial charge in [0.25, 0.3) is 0 Å². The van der Waals surface area contributed by atoms with Crippen LogP contribution >= 0.6 is 0 Å². The van der Waals surface area contributed by atoms with Crippen molar-refractivity contribution in [1.82, 2.24) is 0 Å². The fourth-order valence-electron chi connectivity index (χ4n) is 6.52. The average molecular weight is 642 g/mol. The summed E-state index contributed by atoms with van der Waals surface area (Å²) in [5.74, 6) is 0. The molecule has 10 aromatic rings. The molecule has 0 radical (unpaired) electrons. The van der Waals surface area contributed by atoms with E-state index in [0.717, 1.165) is 16.3 Å². The molecule has 228 valence electrons. The number of furan rings is 1. The quantitative estimate of drug-likeness (QED) is 0.174. The molecule has 9 aromatic carbocycles. The Balaban J connectivity index is 1.33. The van der Waals surface area contributed by atoms with Crippen LogP contribution in [0.25, 0.3) is 98.8 Å². The SMILES string of the molecule is [2H]c1c([2H])c(-c2c3c([2H])c([2H])c([2H])c([2H])c3c(-c3ccc(-c4cccc5c4oc4ccccc45)cc3)c3c([2H])c([2H])c([2H])c([2H])c23)c([2H])c([2H])c1-c1c([2H])c([2H])c([2H])c2c([2H])c([2H])c([2H])c([2H])c12. The highest BCUT2D eigenvalue weighted by molar-refractivity contribution is 6.21. The Morgan fingerprint density at radius 2 is 0.898 bits per heavy atom. The monoisotopic (exact) mass is 641 g/mol. The molecule has 0 aliphatic carbocycles. The van der Waals surface area contributed by atoms with Crippen molar-refractivity contribution in [2.24, 2.45) is 0 Å². The van der Waals surface area contributed by atoms with Crippen LogP contribution in [0.15, 0.2) is 186 Å². The normalized spacial score (nSPS) is 17.1. The van der Waals surface area contributed by atoms with E-state index in [1.54, 1.807) is 24.3 Å². The average Bonchev–Trinajstić information content (AvgIpc) is 3.72. The van der Waals surface area contributed by atoms with Crippen LogP contribution in [0, 0.1) is 0 Å². The van der Waals surface area contributed by atoms with E-state index < -0.39 is 148 Å². The summed E-state index contributed by atoms with van der Waals surface area (Å²) in [4.78, 5) is 0. The van der Waals surface area contributed by atoms with Gasteiger partial charge in [0.15, 0.2) is 0 Å². The lowest BCUT2D eigenvalue weighted by atomic mass is 9.85. The first-order valence-corrected chi connectivity index (χ1v) is 15.3. The van der Waals surface area contributed by atoms with Crippen LogP contribution < -0.4 is 0 Å². The predicted molar refractivity (Wildman–Crippen MR) is 208 cm³/mol. The molecular weight excluding hydrogens is 593 g/mol. The van der Waals surface area contributed by atoms with E-state index in [4.69, 9.17) is 19.5 Å². The topological polar surface area (TPSA) is 13.1 Å². The smallest absolute Gasteiger partial charge is 0.143 e. The first kappa shape index (κ1) is 14.8. The largest absolute Gasteiger partial charge is 0.455 e. The Labute approximate surface area is 311 Å². The molecule has 0 N–H and O–H groups in total. The van der Waals surface area contributed by atoms with Crippen LogP contribution in [0.5, 0.6) is 0 Å². The summed E-state index contributed by atoms with van der Waals surface area (Å²) in [5, 5.41) is -0.492. The standard InChI is InChI=1S/C48H30O/c1-2-13-36-31(11-1)12-9-19-37(36)32-23-27-34(28-24-32)46-40-15-3-5-17-42(40)47(43-18-6-4-16-41(43)46)35-29-25-33(26-30-35)38-20-10-21-44-39-14-7-8-22-45(39)49-48(38)44/h1-30H/i1D,2D,3D,4D,5D,6D,9D,11D,12D,13D,15D,16D,17D,18D,19D,23D,24D,27D,28D. The van der Waals surface area contributed by atoms with Crippen molar-refractivity contribution in [1.29, 1.82) is 0 Å². The molecule has 1 heteroatoms. The van der Waals surface area contributed by atoms with E-state index in [9.17, 15) is 11.0 Å². The molecule has 0 amide bonds. The van der Waals surface area contributed by atoms with E-state index in [1.807, 2.05) is 42.5 Å². The minimum absolute atomic E-state index is 0.0315. The summed E-state index contributed by atoms with van der Waals surface area (Å²) in [7, 11) is 0. The molecule has 0 unspecified atom stereocenters. The third-order valence-electron chi connectivity index (χ3n) is 8.70. The van der Waals surface area contributed by atoms with Gasteiger partial charge in [-0.1, -0.05) is 175 Å². The van der Waals surface area contributed by atoms with Crippen molar-refractivity contribution in [2.75, 3.05) is 0 Å². The highest BCUT2D eigenvalue weighted by Gasteiger charge is 2.18. The zero-order valence-corrected chi connectivity index (χ0v) is 25.3. The summed E-state index contributed by atoms with van der Waals surface area (Å²) in [6, 6.07) is 5.30. The first-order valence-electron chi connectivity index (χ1n) is 24.8. The summed E-state index contributed by atoms with van der Waals surface area (Å²) < 4.78 is 177. The maximum atomic E-state index is 9.54. The van der Waals surface area contributed by atoms with Gasteiger partial charge >= 0.3 is 0 Å². The number of benzene rings is 9. The Bertz CT molecular complexity index is 3830. The molecule has 0 fully saturated rings. The van der Waals surface area contributed by atoms with Gasteiger partial charge in [0.2, 0.25) is 0 Å². The van der Waals surface area contributed by atoms with Gasteiger partial charge < -0.3 is 4.42 Å². The zero-order valence-electron chi connectivity index (χ0n) is 44.3. The molecule has 1 nitrogen and oxygen atoms in total. The minimum Gasteiger partial charge on any atom is -0.455 e. The highest BCUT2D eigenvalue weighted by Crippen LogP contribution is 2.45. The molecule has 49 heavy (non-hydrogen) atoms. The Morgan fingerprint density at radius 1 is 0.347 bits per heavy atom. The lowest BCUT2D eigenvalue weighted by molar-refractivity contribution is 0.670. The third kappa shape index (κ3) is 4.40. The Morgan fingerprint density at radius 3 is 1.61 bits per heavy atom. The van der Waals surface area contributed by atoms with Gasteiger partial charge in [-0.05, 0) is 77.3 Å². The van der Waals surface area contributed by atoms with E-state index in [0.29, 0.717) is 16.7 Å². The third-order valence-corrected chi connectivity index (χ3v) is 8.70. The second kappa shape index (κ2) is 11.1. The zero-order chi connectivity index (χ0) is 48.8. The Kier molecular flexibility index (Phi) is 3.34. The molecule has 0 aliphatic rings. The van der Waals surface area contributed by atoms with Crippen LogP contribution in [0.2, 0.25) is 0 Å². The van der Waals surface area contributed by atoms with Crippen LogP contribution in [-0.2, 0) is 0 Å². The maximum Gasteiger partial charge on any atom is 0.143 e. The predicted octanol–water partition coefficient (Wildman–Crippen LogP) is 13.7. The van der Waals surface area contributed by atoms with Crippen molar-refractivity contribution in [3.05, 3.63) is 182 Å². The van der Waals surface area contributed by atoms with Gasteiger partial charge in [0.05, 0.1) is 26.0 Å². The van der Waals surface area contributed by atoms with Crippen molar-refractivity contribution < 1.29 is 30.5 Å². The van der Waals surface area contributed by atoms with Gasteiger partial charge in [-0.25, -0.2) is 0 Å². The van der Waals surface area contributed by atoms with Gasteiger partial charge in [0.1, 0.15) is 11.2 Å². The van der Waals surface area contributed by atoms with E-state index in [-0.39, 0.29) is 32.7 Å². The lowest BCUT2D eigenvalue weighted by Crippen LogP contribution is -1.91. The minimum atomic E-state index is -0.914. The molecule has 0 saturated heterocycles. The van der Waals surface area contributed by atoms with Crippen LogP contribution in [-0.4, -0.2) is 0 Å². The molecule has 0 atom stereocenters. The summed E-state index contributed by atoms with van der Waals surface area (Å²) in [6.07, 6.45) is 0. The number of hydrogen-bond acceptors (Lipinski definition) is 1. The van der Waals surface area contributed by atoms with Crippen LogP contribution in [0.3, 0.4) is 0 Å². The fourth-order valence-corrected chi connectivity index (χ4v) is 6.52. The summed E-state index contributed by atoms with van der Waals surface area (Å²) in [5.41, 5.74) is 0.551. The maximum absolute atomic E-state index is 9.54. The van der Waals surface area contributed by atoms with E-state index >= 15 is 0 Å². The van der Waals surface area contributed by atoms with Gasteiger partial charge in [-0.2, -0.15) is 0 Å². The second-order valence-corrected chi connectivity index (χ2v) is 11.4. The van der Waals surface area contributed by atoms with E-state index in [1.165, 1.54) is 0 Å². The van der Waals surface area contributed by atoms with Gasteiger partial charge in [-0.3, -0.25) is 0 Å². The number of para-hydroxylation sites is 2. The molecule has 0 bridgehead atoms. The van der Waals surface area contributed by atoms with Crippen LogP contribution in [0.4, 0.5) is 0 Å². The van der Waals surface area contributed by atoms with Crippen molar-refractivity contribution >= 4 is 54.3 Å². The van der Waals surface area contributed by atoms with Gasteiger partial charge in [0, 0.05) is 16.3 Å². The molecular formula is C48H30O. The van der Waals surface area contributed by atoms with Crippen LogP contribution in [0.1, 0.15) is 26.0 Å². The fraction of sp³-hybridized carbons (Fsp3) is 0. The highest BCUT2D eigenvalue weighted by atomic mass is 16.3. The van der Waals surface area contributed by atoms with Crippen molar-refractivity contribution in [3.63, 3.8) is 0 Å². The molecule has 0 aliphatic heterocycles. The molecule has 0 saturated carbocycles. The lowest BCUT2D eigenvalue weighted by Gasteiger charge is -2.18. The number of hydrogen-bond donors (Lipinski definition) is 0.